The van der Waals surface area contributed by atoms with Crippen LogP contribution in [0.15, 0.2) is 5.16 Å². The van der Waals surface area contributed by atoms with Crippen LogP contribution in [0, 0.1) is 12.3 Å². The minimum atomic E-state index is -0.449. The zero-order chi connectivity index (χ0) is 17.2. The van der Waals surface area contributed by atoms with Gasteiger partial charge in [-0.05, 0) is 26.2 Å². The van der Waals surface area contributed by atoms with E-state index >= 15 is 0 Å². The summed E-state index contributed by atoms with van der Waals surface area (Å²) in [5.74, 6) is 1.12. The lowest BCUT2D eigenvalue weighted by Crippen LogP contribution is -2.51. The molecule has 0 saturated carbocycles. The maximum absolute atomic E-state index is 12.7. The molecule has 2 saturated heterocycles. The molecule has 8 nitrogen and oxygen atoms in total. The predicted molar refractivity (Wildman–Crippen MR) is 88.4 cm³/mol. The molecule has 1 aromatic heterocycles. The van der Waals surface area contributed by atoms with Gasteiger partial charge in [-0.15, -0.1) is 5.10 Å². The Hall–Kier alpha value is -1.61. The van der Waals surface area contributed by atoms with Crippen molar-refractivity contribution in [2.45, 2.75) is 31.3 Å². The Morgan fingerprint density at radius 1 is 1.42 bits per heavy atom. The third kappa shape index (κ3) is 3.41. The molecule has 132 valence electrons. The van der Waals surface area contributed by atoms with E-state index in [0.29, 0.717) is 37.8 Å². The highest BCUT2D eigenvalue weighted by Gasteiger charge is 2.49. The number of nitrogens with one attached hydrogen (secondary N) is 1. The highest BCUT2D eigenvalue weighted by atomic mass is 32.2. The molecule has 1 spiro atoms. The van der Waals surface area contributed by atoms with Crippen molar-refractivity contribution < 1.29 is 14.7 Å². The molecule has 0 bridgehead atoms. The van der Waals surface area contributed by atoms with Gasteiger partial charge in [0.2, 0.25) is 17.0 Å². The van der Waals surface area contributed by atoms with Gasteiger partial charge in [0, 0.05) is 26.2 Å². The summed E-state index contributed by atoms with van der Waals surface area (Å²) in [4.78, 5) is 32.9. The van der Waals surface area contributed by atoms with E-state index in [4.69, 9.17) is 5.11 Å². The van der Waals surface area contributed by atoms with Crippen LogP contribution in [0.25, 0.3) is 0 Å². The molecule has 1 aromatic rings. The summed E-state index contributed by atoms with van der Waals surface area (Å²) in [5.41, 5.74) is -0.449. The average Bonchev–Trinajstić information content (AvgIpc) is 3.17. The molecule has 2 fully saturated rings. The number of aromatic amines is 1. The number of rotatable bonds is 5. The zero-order valence-corrected chi connectivity index (χ0v) is 14.6. The number of hydrogen-bond donors (Lipinski definition) is 2. The zero-order valence-electron chi connectivity index (χ0n) is 13.8. The molecule has 1 atom stereocenters. The lowest BCUT2D eigenvalue weighted by atomic mass is 9.78. The lowest BCUT2D eigenvalue weighted by Gasteiger charge is -2.39. The summed E-state index contributed by atoms with van der Waals surface area (Å²) in [6.45, 7) is 3.99. The van der Waals surface area contributed by atoms with Crippen molar-refractivity contribution in [1.29, 1.82) is 0 Å². The van der Waals surface area contributed by atoms with Crippen molar-refractivity contribution in [3.8, 4) is 0 Å². The smallest absolute Gasteiger partial charge is 0.233 e. The normalized spacial score (nSPS) is 24.2. The second-order valence-corrected chi connectivity index (χ2v) is 7.40. The molecule has 1 unspecified atom stereocenters. The summed E-state index contributed by atoms with van der Waals surface area (Å²) in [7, 11) is 0. The van der Waals surface area contributed by atoms with Crippen LogP contribution in [0.4, 0.5) is 0 Å². The molecule has 9 heteroatoms. The summed E-state index contributed by atoms with van der Waals surface area (Å²) in [5, 5.41) is 16.4. The van der Waals surface area contributed by atoms with E-state index in [-0.39, 0.29) is 24.2 Å². The van der Waals surface area contributed by atoms with Crippen molar-refractivity contribution in [1.82, 2.24) is 25.0 Å². The number of carbonyl (C=O) groups excluding carboxylic acids is 2. The number of likely N-dealkylation sites (tertiary alicyclic amines) is 2. The van der Waals surface area contributed by atoms with Crippen LogP contribution in [0.3, 0.4) is 0 Å². The number of hydrogen-bond acceptors (Lipinski definition) is 6. The first-order chi connectivity index (χ1) is 11.5. The Bertz CT molecular complexity index is 620. The van der Waals surface area contributed by atoms with E-state index in [2.05, 4.69) is 15.2 Å². The number of aryl methyl sites for hydroxylation is 1. The van der Waals surface area contributed by atoms with Gasteiger partial charge in [-0.3, -0.25) is 14.7 Å². The Morgan fingerprint density at radius 2 is 2.25 bits per heavy atom. The average molecular weight is 353 g/mol. The molecule has 2 aliphatic heterocycles. The van der Waals surface area contributed by atoms with Gasteiger partial charge in [-0.1, -0.05) is 11.8 Å². The Morgan fingerprint density at radius 3 is 2.96 bits per heavy atom. The fraction of sp³-hybridized carbons (Fsp3) is 0.733. The first-order valence-corrected chi connectivity index (χ1v) is 9.22. The van der Waals surface area contributed by atoms with Gasteiger partial charge in [0.1, 0.15) is 5.82 Å². The molecule has 0 radical (unpaired) electrons. The Kier molecular flexibility index (Phi) is 5.09. The number of aliphatic hydroxyl groups excluding tert-OH is 1. The quantitative estimate of drug-likeness (QED) is 0.725. The molecular formula is C15H23N5O3S. The molecule has 2 aliphatic rings. The van der Waals surface area contributed by atoms with E-state index in [9.17, 15) is 9.59 Å². The van der Waals surface area contributed by atoms with Crippen molar-refractivity contribution in [3.05, 3.63) is 5.82 Å². The Balaban J connectivity index is 1.57. The fourth-order valence-corrected chi connectivity index (χ4v) is 4.30. The van der Waals surface area contributed by atoms with Crippen LogP contribution in [0.2, 0.25) is 0 Å². The van der Waals surface area contributed by atoms with E-state index < -0.39 is 5.41 Å². The van der Waals surface area contributed by atoms with Gasteiger partial charge in [0.15, 0.2) is 0 Å². The van der Waals surface area contributed by atoms with Crippen LogP contribution in [-0.2, 0) is 9.59 Å². The predicted octanol–water partition coefficient (Wildman–Crippen LogP) is 0.0386. The number of thioether (sulfide) groups is 1. The highest BCUT2D eigenvalue weighted by molar-refractivity contribution is 7.99. The van der Waals surface area contributed by atoms with Gasteiger partial charge in [-0.25, -0.2) is 4.98 Å². The molecule has 2 N–H and O–H groups in total. The highest BCUT2D eigenvalue weighted by Crippen LogP contribution is 2.40. The number of nitrogens with zero attached hydrogens (tertiary/aromatic N) is 4. The standard InChI is InChI=1S/C15H23N5O3S/c1-11-16-14(18-17-11)24-9-12(22)20-6-4-15(10-20)3-2-5-19(7-8-21)13(15)23/h21H,2-10H2,1H3,(H,16,17,18). The maximum Gasteiger partial charge on any atom is 0.233 e. The van der Waals surface area contributed by atoms with Crippen molar-refractivity contribution >= 4 is 23.6 Å². The summed E-state index contributed by atoms with van der Waals surface area (Å²) in [6, 6.07) is 0. The fourth-order valence-electron chi connectivity index (χ4n) is 3.55. The first kappa shape index (κ1) is 17.2. The van der Waals surface area contributed by atoms with Gasteiger partial charge < -0.3 is 14.9 Å². The van der Waals surface area contributed by atoms with E-state index in [0.717, 1.165) is 18.7 Å². The second kappa shape index (κ2) is 7.10. The largest absolute Gasteiger partial charge is 0.395 e. The third-order valence-electron chi connectivity index (χ3n) is 4.80. The molecule has 0 aromatic carbocycles. The van der Waals surface area contributed by atoms with Crippen LogP contribution >= 0.6 is 11.8 Å². The van der Waals surface area contributed by atoms with Crippen LogP contribution < -0.4 is 0 Å². The number of piperidine rings is 1. The van der Waals surface area contributed by atoms with Crippen LogP contribution in [0.5, 0.6) is 0 Å². The SMILES string of the molecule is Cc1nc(SCC(=O)N2CCC3(CCCN(CCO)C3=O)C2)n[nH]1. The van der Waals surface area contributed by atoms with Crippen molar-refractivity contribution in [2.24, 2.45) is 5.41 Å². The minimum absolute atomic E-state index is 0.0167. The number of H-pyrrole nitrogens is 1. The Labute approximate surface area is 145 Å². The van der Waals surface area contributed by atoms with E-state index in [1.165, 1.54) is 11.8 Å². The van der Waals surface area contributed by atoms with Crippen molar-refractivity contribution in [2.75, 3.05) is 38.5 Å². The van der Waals surface area contributed by atoms with E-state index in [1.54, 1.807) is 9.80 Å². The topological polar surface area (TPSA) is 102 Å². The van der Waals surface area contributed by atoms with Gasteiger partial charge in [0.25, 0.3) is 0 Å². The monoisotopic (exact) mass is 353 g/mol. The molecule has 3 heterocycles. The maximum atomic E-state index is 12.7. The number of carbonyl (C=O) groups is 2. The number of aliphatic hydroxyl groups is 1. The molecule has 0 aliphatic carbocycles. The molecule has 24 heavy (non-hydrogen) atoms. The van der Waals surface area contributed by atoms with Gasteiger partial charge in [-0.2, -0.15) is 0 Å². The van der Waals surface area contributed by atoms with Crippen molar-refractivity contribution in [3.63, 3.8) is 0 Å². The van der Waals surface area contributed by atoms with E-state index in [1.807, 2.05) is 6.92 Å². The third-order valence-corrected chi connectivity index (χ3v) is 5.63. The minimum Gasteiger partial charge on any atom is -0.395 e. The summed E-state index contributed by atoms with van der Waals surface area (Å²) in [6.07, 6.45) is 2.47. The molecule has 3 rings (SSSR count). The second-order valence-electron chi connectivity index (χ2n) is 6.46. The lowest BCUT2D eigenvalue weighted by molar-refractivity contribution is -0.146. The van der Waals surface area contributed by atoms with Gasteiger partial charge >= 0.3 is 0 Å². The number of aromatic nitrogens is 3. The summed E-state index contributed by atoms with van der Waals surface area (Å²) >= 11 is 1.31. The number of β-amino-alcohol motifs (C(OH)–C–C–N with tert-alkyl or cyclic N) is 1. The molecular weight excluding hydrogens is 330 g/mol. The number of amides is 2. The van der Waals surface area contributed by atoms with Gasteiger partial charge in [0.05, 0.1) is 17.8 Å². The van der Waals surface area contributed by atoms with Crippen LogP contribution in [0.1, 0.15) is 25.1 Å². The molecule has 2 amide bonds. The first-order valence-electron chi connectivity index (χ1n) is 8.24. The summed E-state index contributed by atoms with van der Waals surface area (Å²) < 4.78 is 0. The van der Waals surface area contributed by atoms with Crippen LogP contribution in [-0.4, -0.2) is 80.4 Å².